The van der Waals surface area contributed by atoms with Gasteiger partial charge in [0.25, 0.3) is 0 Å². The Morgan fingerprint density at radius 1 is 1.10 bits per heavy atom. The summed E-state index contributed by atoms with van der Waals surface area (Å²) in [5, 5.41) is 11.8. The van der Waals surface area contributed by atoms with Crippen LogP contribution in [0.3, 0.4) is 0 Å². The van der Waals surface area contributed by atoms with Crippen molar-refractivity contribution in [2.24, 2.45) is 29.6 Å². The highest BCUT2D eigenvalue weighted by molar-refractivity contribution is 5.91. The minimum atomic E-state index is -0.924. The van der Waals surface area contributed by atoms with Crippen molar-refractivity contribution in [1.29, 1.82) is 0 Å². The molecule has 0 aromatic heterocycles. The first kappa shape index (κ1) is 20.0. The molecule has 5 nitrogen and oxygen atoms in total. The van der Waals surface area contributed by atoms with Crippen molar-refractivity contribution in [3.63, 3.8) is 0 Å². The van der Waals surface area contributed by atoms with E-state index < -0.39 is 5.97 Å². The monoisotopic (exact) mass is 397 g/mol. The van der Waals surface area contributed by atoms with Crippen molar-refractivity contribution in [2.75, 3.05) is 0 Å². The van der Waals surface area contributed by atoms with Crippen molar-refractivity contribution in [3.8, 4) is 0 Å². The first-order valence-electron chi connectivity index (χ1n) is 10.8. The molecule has 1 amide bonds. The Bertz CT molecular complexity index is 770. The van der Waals surface area contributed by atoms with Gasteiger partial charge < -0.3 is 15.2 Å². The normalized spacial score (nSPS) is 31.4. The first-order valence-corrected chi connectivity index (χ1v) is 10.8. The molecule has 29 heavy (non-hydrogen) atoms. The molecule has 4 fully saturated rings. The summed E-state index contributed by atoms with van der Waals surface area (Å²) < 4.78 is 5.78. The number of carboxylic acids is 1. The number of aliphatic carboxylic acids is 1. The number of carbonyl (C=O) groups is 2. The lowest BCUT2D eigenvalue weighted by atomic mass is 9.51. The van der Waals surface area contributed by atoms with Crippen LogP contribution in [0.4, 0.5) is 4.79 Å². The summed E-state index contributed by atoms with van der Waals surface area (Å²) in [4.78, 5) is 23.2. The Kier molecular flexibility index (Phi) is 5.66. The maximum absolute atomic E-state index is 12.3. The number of alkyl carbamates (subject to hydrolysis) is 1. The molecule has 4 aliphatic carbocycles. The number of amides is 1. The predicted molar refractivity (Wildman–Crippen MR) is 111 cm³/mol. The molecule has 1 atom stereocenters. The fourth-order valence-corrected chi connectivity index (χ4v) is 6.24. The van der Waals surface area contributed by atoms with Crippen LogP contribution in [-0.4, -0.2) is 23.3 Å². The lowest BCUT2D eigenvalue weighted by Gasteiger charge is -2.55. The van der Waals surface area contributed by atoms with Gasteiger partial charge in [-0.2, -0.15) is 0 Å². The topological polar surface area (TPSA) is 75.6 Å². The van der Waals surface area contributed by atoms with Gasteiger partial charge in [0.05, 0.1) is 0 Å². The SMILES string of the molecule is CC(=Cc1ccc(CNC(=O)OC(C)C2C3CC4CC(C3)CC2C4)cc1)C(=O)O. The Hall–Kier alpha value is -2.30. The van der Waals surface area contributed by atoms with Crippen LogP contribution in [0, 0.1) is 29.6 Å². The molecule has 0 saturated heterocycles. The third-order valence-electron chi connectivity index (χ3n) is 7.27. The molecular formula is C24H31NO4. The van der Waals surface area contributed by atoms with Gasteiger partial charge >= 0.3 is 12.1 Å². The number of ether oxygens (including phenoxy) is 1. The molecule has 4 aliphatic rings. The predicted octanol–water partition coefficient (Wildman–Crippen LogP) is 4.86. The Morgan fingerprint density at radius 2 is 1.69 bits per heavy atom. The van der Waals surface area contributed by atoms with E-state index in [1.807, 2.05) is 24.3 Å². The summed E-state index contributed by atoms with van der Waals surface area (Å²) in [6.45, 7) is 4.03. The fourth-order valence-electron chi connectivity index (χ4n) is 6.24. The number of carboxylic acid groups (broad SMARTS) is 1. The standard InChI is InChI=1S/C24H31NO4/c1-14(23(26)27)7-16-3-5-17(6-4-16)13-25-24(28)29-15(2)22-20-9-18-8-19(11-20)12-21(22)10-18/h3-7,15,18-22H,8-13H2,1-2H3,(H,25,28)(H,26,27). The summed E-state index contributed by atoms with van der Waals surface area (Å²) in [5.41, 5.74) is 2.07. The molecule has 4 saturated carbocycles. The lowest BCUT2D eigenvalue weighted by molar-refractivity contribution is -0.132. The number of rotatable bonds is 6. The number of hydrogen-bond acceptors (Lipinski definition) is 3. The van der Waals surface area contributed by atoms with E-state index in [4.69, 9.17) is 9.84 Å². The van der Waals surface area contributed by atoms with E-state index in [2.05, 4.69) is 12.2 Å². The second-order valence-corrected chi connectivity index (χ2v) is 9.35. The van der Waals surface area contributed by atoms with Gasteiger partial charge in [-0.05, 0) is 86.8 Å². The van der Waals surface area contributed by atoms with E-state index in [1.165, 1.54) is 32.1 Å². The van der Waals surface area contributed by atoms with E-state index in [0.717, 1.165) is 34.8 Å². The van der Waals surface area contributed by atoms with Crippen molar-refractivity contribution in [2.45, 2.75) is 58.6 Å². The largest absolute Gasteiger partial charge is 0.478 e. The van der Waals surface area contributed by atoms with Crippen molar-refractivity contribution < 1.29 is 19.4 Å². The van der Waals surface area contributed by atoms with Gasteiger partial charge in [-0.1, -0.05) is 24.3 Å². The zero-order valence-corrected chi connectivity index (χ0v) is 17.3. The summed E-state index contributed by atoms with van der Waals surface area (Å²) in [6, 6.07) is 7.49. The van der Waals surface area contributed by atoms with E-state index in [0.29, 0.717) is 18.0 Å². The van der Waals surface area contributed by atoms with Gasteiger partial charge in [0.1, 0.15) is 6.10 Å². The second-order valence-electron chi connectivity index (χ2n) is 9.35. The number of carbonyl (C=O) groups excluding carboxylic acids is 1. The van der Waals surface area contributed by atoms with Crippen LogP contribution >= 0.6 is 0 Å². The quantitative estimate of drug-likeness (QED) is 0.672. The highest BCUT2D eigenvalue weighted by atomic mass is 16.6. The van der Waals surface area contributed by atoms with Crippen LogP contribution in [0.1, 0.15) is 57.1 Å². The minimum Gasteiger partial charge on any atom is -0.478 e. The van der Waals surface area contributed by atoms with Gasteiger partial charge in [-0.15, -0.1) is 0 Å². The number of nitrogens with one attached hydrogen (secondary N) is 1. The first-order chi connectivity index (χ1) is 13.9. The number of benzene rings is 1. The molecule has 0 aliphatic heterocycles. The average Bonchev–Trinajstić information content (AvgIpc) is 2.66. The summed E-state index contributed by atoms with van der Waals surface area (Å²) in [6.07, 6.45) is 7.99. The minimum absolute atomic E-state index is 0.0310. The zero-order valence-electron chi connectivity index (χ0n) is 17.3. The fraction of sp³-hybridized carbons (Fsp3) is 0.583. The van der Waals surface area contributed by atoms with Crippen LogP contribution in [0.2, 0.25) is 0 Å². The van der Waals surface area contributed by atoms with Gasteiger partial charge in [-0.3, -0.25) is 0 Å². The van der Waals surface area contributed by atoms with Crippen molar-refractivity contribution in [1.82, 2.24) is 5.32 Å². The van der Waals surface area contributed by atoms with E-state index in [-0.39, 0.29) is 12.2 Å². The van der Waals surface area contributed by atoms with Crippen LogP contribution < -0.4 is 5.32 Å². The summed E-state index contributed by atoms with van der Waals surface area (Å²) >= 11 is 0. The molecular weight excluding hydrogens is 366 g/mol. The third kappa shape index (κ3) is 4.49. The second kappa shape index (κ2) is 8.21. The van der Waals surface area contributed by atoms with E-state index >= 15 is 0 Å². The molecule has 2 N–H and O–H groups in total. The van der Waals surface area contributed by atoms with Gasteiger partial charge in [-0.25, -0.2) is 9.59 Å². The van der Waals surface area contributed by atoms with Crippen LogP contribution in [0.15, 0.2) is 29.8 Å². The third-order valence-corrected chi connectivity index (χ3v) is 7.27. The van der Waals surface area contributed by atoms with Gasteiger partial charge in [0.2, 0.25) is 0 Å². The summed E-state index contributed by atoms with van der Waals surface area (Å²) in [7, 11) is 0. The Morgan fingerprint density at radius 3 is 2.24 bits per heavy atom. The number of hydrogen-bond donors (Lipinski definition) is 2. The van der Waals surface area contributed by atoms with Gasteiger partial charge in [0.15, 0.2) is 0 Å². The molecule has 0 radical (unpaired) electrons. The van der Waals surface area contributed by atoms with Crippen LogP contribution in [0.25, 0.3) is 6.08 Å². The molecule has 1 aromatic carbocycles. The molecule has 5 rings (SSSR count). The molecule has 1 unspecified atom stereocenters. The highest BCUT2D eigenvalue weighted by Crippen LogP contribution is 2.57. The maximum Gasteiger partial charge on any atom is 0.407 e. The summed E-state index contributed by atoms with van der Waals surface area (Å²) in [5.74, 6) is 2.93. The molecule has 4 bridgehead atoms. The van der Waals surface area contributed by atoms with Crippen molar-refractivity contribution in [3.05, 3.63) is 41.0 Å². The Labute approximate surface area is 172 Å². The zero-order chi connectivity index (χ0) is 20.5. The maximum atomic E-state index is 12.3. The average molecular weight is 398 g/mol. The molecule has 156 valence electrons. The van der Waals surface area contributed by atoms with Crippen molar-refractivity contribution >= 4 is 18.1 Å². The molecule has 0 spiro atoms. The van der Waals surface area contributed by atoms with E-state index in [1.54, 1.807) is 13.0 Å². The van der Waals surface area contributed by atoms with E-state index in [9.17, 15) is 9.59 Å². The molecule has 5 heteroatoms. The molecule has 0 heterocycles. The smallest absolute Gasteiger partial charge is 0.407 e. The highest BCUT2D eigenvalue weighted by Gasteiger charge is 2.50. The lowest BCUT2D eigenvalue weighted by Crippen LogP contribution is -2.50. The molecule has 1 aromatic rings. The van der Waals surface area contributed by atoms with Crippen LogP contribution in [0.5, 0.6) is 0 Å². The Balaban J connectivity index is 1.27. The van der Waals surface area contributed by atoms with Crippen LogP contribution in [-0.2, 0) is 16.1 Å². The van der Waals surface area contributed by atoms with Gasteiger partial charge in [0, 0.05) is 18.0 Å².